The molecule has 0 aliphatic heterocycles. The molecule has 1 aromatic rings. The maximum Gasteiger partial charge on any atom is 0.322 e. The molecule has 0 bridgehead atoms. The highest BCUT2D eigenvalue weighted by molar-refractivity contribution is 5.35. The van der Waals surface area contributed by atoms with Gasteiger partial charge in [-0.1, -0.05) is 0 Å². The minimum atomic E-state index is 0.0837. The van der Waals surface area contributed by atoms with Gasteiger partial charge in [0.2, 0.25) is 11.9 Å². The van der Waals surface area contributed by atoms with Crippen molar-refractivity contribution in [2.75, 3.05) is 37.9 Å². The Morgan fingerprint density at radius 2 is 1.76 bits per heavy atom. The Morgan fingerprint density at radius 3 is 2.29 bits per heavy atom. The second kappa shape index (κ2) is 6.85. The zero-order chi connectivity index (χ0) is 12.7. The predicted molar refractivity (Wildman–Crippen MR) is 65.5 cm³/mol. The van der Waals surface area contributed by atoms with Crippen molar-refractivity contribution in [1.82, 2.24) is 15.0 Å². The van der Waals surface area contributed by atoms with Crippen LogP contribution in [0.5, 0.6) is 6.01 Å². The number of aromatic nitrogens is 3. The lowest BCUT2D eigenvalue weighted by atomic mass is 10.4. The molecular weight excluding hydrogens is 222 g/mol. The summed E-state index contributed by atoms with van der Waals surface area (Å²) < 4.78 is 10.1. The van der Waals surface area contributed by atoms with Crippen molar-refractivity contribution in [3.05, 3.63) is 0 Å². The highest BCUT2D eigenvalue weighted by Gasteiger charge is 2.07. The Balaban J connectivity index is 2.72. The number of methoxy groups -OCH3 is 2. The van der Waals surface area contributed by atoms with Crippen LogP contribution in [0.3, 0.4) is 0 Å². The smallest absolute Gasteiger partial charge is 0.322 e. The van der Waals surface area contributed by atoms with Crippen molar-refractivity contribution in [3.8, 4) is 6.01 Å². The van der Waals surface area contributed by atoms with Gasteiger partial charge in [0.05, 0.1) is 13.2 Å². The Labute approximate surface area is 101 Å². The SMILES string of the molecule is CCNc1nc(NCC(C)OC)nc(OC)n1. The lowest BCUT2D eigenvalue weighted by molar-refractivity contribution is 0.128. The van der Waals surface area contributed by atoms with E-state index in [4.69, 9.17) is 9.47 Å². The molecule has 17 heavy (non-hydrogen) atoms. The summed E-state index contributed by atoms with van der Waals surface area (Å²) in [6, 6.07) is 0.281. The van der Waals surface area contributed by atoms with Crippen LogP contribution in [0.15, 0.2) is 0 Å². The van der Waals surface area contributed by atoms with E-state index in [-0.39, 0.29) is 12.1 Å². The first kappa shape index (κ1) is 13.4. The summed E-state index contributed by atoms with van der Waals surface area (Å²) in [4.78, 5) is 12.3. The van der Waals surface area contributed by atoms with E-state index >= 15 is 0 Å². The molecule has 7 nitrogen and oxygen atoms in total. The van der Waals surface area contributed by atoms with Gasteiger partial charge < -0.3 is 20.1 Å². The average molecular weight is 241 g/mol. The summed E-state index contributed by atoms with van der Waals surface area (Å²) in [5.74, 6) is 0.962. The molecule has 1 unspecified atom stereocenters. The minimum absolute atomic E-state index is 0.0837. The van der Waals surface area contributed by atoms with Crippen molar-refractivity contribution >= 4 is 11.9 Å². The van der Waals surface area contributed by atoms with Crippen LogP contribution in [-0.2, 0) is 4.74 Å². The maximum absolute atomic E-state index is 5.13. The zero-order valence-electron chi connectivity index (χ0n) is 10.6. The van der Waals surface area contributed by atoms with Crippen LogP contribution in [0.1, 0.15) is 13.8 Å². The number of nitrogens with zero attached hydrogens (tertiary/aromatic N) is 3. The molecule has 0 radical (unpaired) electrons. The van der Waals surface area contributed by atoms with Gasteiger partial charge in [-0.2, -0.15) is 15.0 Å². The fraction of sp³-hybridized carbons (Fsp3) is 0.700. The topological polar surface area (TPSA) is 81.2 Å². The Bertz CT molecular complexity index is 347. The summed E-state index contributed by atoms with van der Waals surface area (Å²) in [5.41, 5.74) is 0. The molecule has 96 valence electrons. The second-order valence-corrected chi connectivity index (χ2v) is 3.43. The van der Waals surface area contributed by atoms with Gasteiger partial charge in [-0.15, -0.1) is 0 Å². The van der Waals surface area contributed by atoms with Gasteiger partial charge in [-0.3, -0.25) is 0 Å². The normalized spacial score (nSPS) is 12.0. The predicted octanol–water partition coefficient (Wildman–Crippen LogP) is 0.759. The highest BCUT2D eigenvalue weighted by Crippen LogP contribution is 2.10. The molecule has 0 amide bonds. The Kier molecular flexibility index (Phi) is 5.41. The molecule has 1 aromatic heterocycles. The molecule has 1 heterocycles. The standard InChI is InChI=1S/C10H19N5O2/c1-5-11-8-13-9(12-6-7(2)16-3)15-10(14-8)17-4/h7H,5-6H2,1-4H3,(H2,11,12,13,14,15). The van der Waals surface area contributed by atoms with Crippen molar-refractivity contribution in [3.63, 3.8) is 0 Å². The zero-order valence-corrected chi connectivity index (χ0v) is 10.6. The third-order valence-corrected chi connectivity index (χ3v) is 2.08. The van der Waals surface area contributed by atoms with Crippen LogP contribution in [-0.4, -0.2) is 48.4 Å². The van der Waals surface area contributed by atoms with Gasteiger partial charge in [-0.25, -0.2) is 0 Å². The van der Waals surface area contributed by atoms with Crippen LogP contribution in [0, 0.1) is 0 Å². The van der Waals surface area contributed by atoms with Crippen molar-refractivity contribution in [2.45, 2.75) is 20.0 Å². The molecule has 0 aromatic carbocycles. The van der Waals surface area contributed by atoms with E-state index in [1.807, 2.05) is 13.8 Å². The van der Waals surface area contributed by atoms with Gasteiger partial charge >= 0.3 is 6.01 Å². The molecule has 7 heteroatoms. The third-order valence-electron chi connectivity index (χ3n) is 2.08. The van der Waals surface area contributed by atoms with Gasteiger partial charge in [0.25, 0.3) is 0 Å². The highest BCUT2D eigenvalue weighted by atomic mass is 16.5. The molecule has 0 aliphatic carbocycles. The number of anilines is 2. The maximum atomic E-state index is 5.13. The first-order chi connectivity index (χ1) is 8.19. The van der Waals surface area contributed by atoms with Crippen LogP contribution >= 0.6 is 0 Å². The quantitative estimate of drug-likeness (QED) is 0.729. The molecule has 0 saturated carbocycles. The van der Waals surface area contributed by atoms with Crippen molar-refractivity contribution in [2.24, 2.45) is 0 Å². The molecule has 1 rings (SSSR count). The summed E-state index contributed by atoms with van der Waals surface area (Å²) in [6.45, 7) is 5.28. The minimum Gasteiger partial charge on any atom is -0.467 e. The number of ether oxygens (including phenoxy) is 2. The van der Waals surface area contributed by atoms with E-state index in [2.05, 4.69) is 25.6 Å². The lowest BCUT2D eigenvalue weighted by Crippen LogP contribution is -2.20. The fourth-order valence-corrected chi connectivity index (χ4v) is 1.08. The fourth-order valence-electron chi connectivity index (χ4n) is 1.08. The lowest BCUT2D eigenvalue weighted by Gasteiger charge is -2.11. The Morgan fingerprint density at radius 1 is 1.12 bits per heavy atom. The number of nitrogens with one attached hydrogen (secondary N) is 2. The largest absolute Gasteiger partial charge is 0.467 e. The third kappa shape index (κ3) is 4.39. The summed E-state index contributed by atoms with van der Waals surface area (Å²) >= 11 is 0. The molecule has 0 fully saturated rings. The van der Waals surface area contributed by atoms with E-state index in [9.17, 15) is 0 Å². The van der Waals surface area contributed by atoms with Gasteiger partial charge in [0, 0.05) is 20.2 Å². The van der Waals surface area contributed by atoms with Gasteiger partial charge in [-0.05, 0) is 13.8 Å². The van der Waals surface area contributed by atoms with Crippen LogP contribution < -0.4 is 15.4 Å². The summed E-state index contributed by atoms with van der Waals surface area (Å²) in [7, 11) is 3.18. The van der Waals surface area contributed by atoms with Crippen molar-refractivity contribution in [1.29, 1.82) is 0 Å². The van der Waals surface area contributed by atoms with Gasteiger partial charge in [0.15, 0.2) is 0 Å². The Hall–Kier alpha value is -1.63. The molecular formula is C10H19N5O2. The molecule has 2 N–H and O–H groups in total. The van der Waals surface area contributed by atoms with E-state index in [0.29, 0.717) is 18.4 Å². The van der Waals surface area contributed by atoms with Crippen molar-refractivity contribution < 1.29 is 9.47 Å². The summed E-state index contributed by atoms with van der Waals surface area (Å²) in [5, 5.41) is 6.07. The van der Waals surface area contributed by atoms with Crippen LogP contribution in [0.2, 0.25) is 0 Å². The van der Waals surface area contributed by atoms with Gasteiger partial charge in [0.1, 0.15) is 0 Å². The van der Waals surface area contributed by atoms with E-state index in [0.717, 1.165) is 6.54 Å². The van der Waals surface area contributed by atoms with Crippen LogP contribution in [0.4, 0.5) is 11.9 Å². The number of hydrogen-bond donors (Lipinski definition) is 2. The first-order valence-corrected chi connectivity index (χ1v) is 5.50. The van der Waals surface area contributed by atoms with E-state index in [1.165, 1.54) is 7.11 Å². The average Bonchev–Trinajstić information content (AvgIpc) is 2.36. The van der Waals surface area contributed by atoms with E-state index in [1.54, 1.807) is 7.11 Å². The number of hydrogen-bond acceptors (Lipinski definition) is 7. The molecule has 0 spiro atoms. The first-order valence-electron chi connectivity index (χ1n) is 5.50. The number of rotatable bonds is 7. The molecule has 0 aliphatic rings. The molecule has 0 saturated heterocycles. The van der Waals surface area contributed by atoms with Crippen LogP contribution in [0.25, 0.3) is 0 Å². The molecule has 1 atom stereocenters. The summed E-state index contributed by atoms with van der Waals surface area (Å²) in [6.07, 6.45) is 0.0837. The van der Waals surface area contributed by atoms with E-state index < -0.39 is 0 Å². The second-order valence-electron chi connectivity index (χ2n) is 3.43. The monoisotopic (exact) mass is 241 g/mol.